The van der Waals surface area contributed by atoms with Crippen molar-refractivity contribution < 1.29 is 9.21 Å². The maximum absolute atomic E-state index is 6.56. The zero-order valence-corrected chi connectivity index (χ0v) is 20.2. The second-order valence-corrected chi connectivity index (χ2v) is 9.56. The van der Waals surface area contributed by atoms with Gasteiger partial charge in [0.2, 0.25) is 0 Å². The molecule has 7 aromatic rings. The average molecular weight is 477 g/mol. The highest BCUT2D eigenvalue weighted by atomic mass is 16.5. The van der Waals surface area contributed by atoms with Gasteiger partial charge in [0.1, 0.15) is 11.5 Å². The third-order valence-electron chi connectivity index (χ3n) is 7.45. The van der Waals surface area contributed by atoms with Crippen molar-refractivity contribution in [3.8, 4) is 17.3 Å². The van der Waals surface area contributed by atoms with Crippen LogP contribution in [-0.4, -0.2) is 20.8 Å². The quantitative estimate of drug-likeness (QED) is 0.343. The lowest BCUT2D eigenvalue weighted by atomic mass is 9.49. The zero-order chi connectivity index (χ0) is 24.5. The minimum absolute atomic E-state index is 0.0570. The number of para-hydroxylation sites is 5. The summed E-state index contributed by atoms with van der Waals surface area (Å²) >= 11 is 0. The molecule has 4 aromatic carbocycles. The largest absolute Gasteiger partial charge is 0.457 e. The SMILES string of the molecule is Cc1ccccc1Oc1ccccc1B1c2cccc3c2n(c2nc4ccccc4n32)-c2cccc[n+]21. The fraction of sp³-hybridized carbons (Fsp3) is 0.0323. The van der Waals surface area contributed by atoms with Gasteiger partial charge >= 0.3 is 12.6 Å². The molecule has 0 N–H and O–H groups in total. The van der Waals surface area contributed by atoms with Gasteiger partial charge < -0.3 is 4.74 Å². The summed E-state index contributed by atoms with van der Waals surface area (Å²) in [6.07, 6.45) is 2.16. The normalized spacial score (nSPS) is 12.4. The van der Waals surface area contributed by atoms with Gasteiger partial charge in [0, 0.05) is 17.0 Å². The highest BCUT2D eigenvalue weighted by molar-refractivity contribution is 6.81. The van der Waals surface area contributed by atoms with Crippen molar-refractivity contribution in [3.63, 3.8) is 0 Å². The van der Waals surface area contributed by atoms with Crippen molar-refractivity contribution in [1.29, 1.82) is 0 Å². The number of aryl methyl sites for hydroxylation is 1. The van der Waals surface area contributed by atoms with Crippen molar-refractivity contribution in [2.45, 2.75) is 6.92 Å². The number of ether oxygens (including phenoxy) is 1. The summed E-state index contributed by atoms with van der Waals surface area (Å²) in [4.78, 5) is 5.07. The van der Waals surface area contributed by atoms with Crippen molar-refractivity contribution in [2.24, 2.45) is 0 Å². The first-order valence-corrected chi connectivity index (χ1v) is 12.5. The summed E-state index contributed by atoms with van der Waals surface area (Å²) in [5.74, 6) is 3.73. The summed E-state index contributed by atoms with van der Waals surface area (Å²) in [7, 11) is 0. The van der Waals surface area contributed by atoms with Crippen LogP contribution in [0, 0.1) is 6.92 Å². The van der Waals surface area contributed by atoms with E-state index >= 15 is 0 Å². The van der Waals surface area contributed by atoms with E-state index in [4.69, 9.17) is 9.72 Å². The Morgan fingerprint density at radius 2 is 1.43 bits per heavy atom. The lowest BCUT2D eigenvalue weighted by Gasteiger charge is -2.22. The molecule has 0 atom stereocenters. The van der Waals surface area contributed by atoms with Crippen LogP contribution in [0.25, 0.3) is 33.7 Å². The molecule has 0 fully saturated rings. The van der Waals surface area contributed by atoms with Gasteiger partial charge in [0.15, 0.2) is 5.52 Å². The molecule has 0 amide bonds. The number of imidazole rings is 2. The monoisotopic (exact) mass is 477 g/mol. The van der Waals surface area contributed by atoms with Gasteiger partial charge in [-0.2, -0.15) is 9.55 Å². The molecule has 6 heteroatoms. The Hall–Kier alpha value is -4.84. The van der Waals surface area contributed by atoms with Gasteiger partial charge in [-0.05, 0) is 48.9 Å². The number of aromatic nitrogens is 4. The molecule has 5 nitrogen and oxygen atoms in total. The maximum Gasteiger partial charge on any atom is 0.454 e. The van der Waals surface area contributed by atoms with E-state index in [1.165, 1.54) is 11.0 Å². The molecule has 0 saturated carbocycles. The molecule has 0 radical (unpaired) electrons. The van der Waals surface area contributed by atoms with Crippen LogP contribution < -0.4 is 20.1 Å². The highest BCUT2D eigenvalue weighted by Crippen LogP contribution is 2.30. The molecule has 1 aliphatic rings. The van der Waals surface area contributed by atoms with Crippen LogP contribution in [0.4, 0.5) is 0 Å². The molecule has 0 bridgehead atoms. The first kappa shape index (κ1) is 20.4. The molecule has 8 rings (SSSR count). The fourth-order valence-corrected chi connectivity index (χ4v) is 5.82. The Balaban J connectivity index is 1.44. The Morgan fingerprint density at radius 1 is 0.703 bits per heavy atom. The van der Waals surface area contributed by atoms with E-state index in [-0.39, 0.29) is 6.85 Å². The first-order valence-electron chi connectivity index (χ1n) is 12.5. The standard InChI is InChI=1S/C31H22BN4O/c1-21-11-2-6-17-27(21)37-28-18-7-3-12-22(28)32-23-13-10-16-26-30(23)36(29-19-8-9-20-34(29)32)31-33-24-14-4-5-15-25(24)35(26)31/h2-20H,1H3/q+1. The Morgan fingerprint density at radius 3 is 2.35 bits per heavy atom. The van der Waals surface area contributed by atoms with Crippen molar-refractivity contribution in [3.05, 3.63) is 121 Å². The number of fused-ring (bicyclic) bond motifs is 7. The van der Waals surface area contributed by atoms with Gasteiger partial charge in [0.25, 0.3) is 5.82 Å². The van der Waals surface area contributed by atoms with Crippen LogP contribution in [0.15, 0.2) is 115 Å². The molecule has 4 heterocycles. The predicted octanol–water partition coefficient (Wildman–Crippen LogP) is 4.79. The molecule has 3 aromatic heterocycles. The van der Waals surface area contributed by atoms with E-state index in [9.17, 15) is 0 Å². The Kier molecular flexibility index (Phi) is 4.17. The number of rotatable bonds is 3. The van der Waals surface area contributed by atoms with Gasteiger partial charge in [-0.1, -0.05) is 66.7 Å². The highest BCUT2D eigenvalue weighted by Gasteiger charge is 2.43. The van der Waals surface area contributed by atoms with E-state index in [1.54, 1.807) is 0 Å². The maximum atomic E-state index is 6.56. The topological polar surface area (TPSA) is 35.3 Å². The summed E-state index contributed by atoms with van der Waals surface area (Å²) < 4.78 is 13.5. The molecule has 37 heavy (non-hydrogen) atoms. The zero-order valence-electron chi connectivity index (χ0n) is 20.2. The molecule has 0 saturated heterocycles. The molecule has 1 aliphatic heterocycles. The van der Waals surface area contributed by atoms with Crippen LogP contribution in [0.3, 0.4) is 0 Å². The van der Waals surface area contributed by atoms with Gasteiger partial charge in [-0.15, -0.1) is 0 Å². The second kappa shape index (κ2) is 7.58. The second-order valence-electron chi connectivity index (χ2n) is 9.56. The molecule has 0 unspecified atom stereocenters. The number of pyridine rings is 1. The van der Waals surface area contributed by atoms with Crippen LogP contribution >= 0.6 is 0 Å². The number of benzene rings is 4. The van der Waals surface area contributed by atoms with Gasteiger partial charge in [-0.25, -0.2) is 0 Å². The van der Waals surface area contributed by atoms with Crippen LogP contribution in [0.2, 0.25) is 0 Å². The molecular weight excluding hydrogens is 455 g/mol. The predicted molar refractivity (Wildman–Crippen MR) is 148 cm³/mol. The van der Waals surface area contributed by atoms with E-state index < -0.39 is 0 Å². The van der Waals surface area contributed by atoms with Crippen molar-refractivity contribution in [1.82, 2.24) is 14.0 Å². The molecule has 174 valence electrons. The minimum Gasteiger partial charge on any atom is -0.457 e. The lowest BCUT2D eigenvalue weighted by molar-refractivity contribution is -0.527. The molecule has 0 spiro atoms. The summed E-state index contributed by atoms with van der Waals surface area (Å²) in [5, 5.41) is 0. The minimum atomic E-state index is -0.0570. The smallest absolute Gasteiger partial charge is 0.454 e. The van der Waals surface area contributed by atoms with Gasteiger partial charge in [-0.3, -0.25) is 8.88 Å². The lowest BCUT2D eigenvalue weighted by Crippen LogP contribution is -2.69. The van der Waals surface area contributed by atoms with E-state index in [0.717, 1.165) is 50.7 Å². The number of nitrogens with zero attached hydrogens (tertiary/aromatic N) is 4. The average Bonchev–Trinajstić information content (AvgIpc) is 3.47. The first-order chi connectivity index (χ1) is 18.3. The van der Waals surface area contributed by atoms with Crippen LogP contribution in [-0.2, 0) is 0 Å². The van der Waals surface area contributed by atoms with Crippen molar-refractivity contribution >= 4 is 45.6 Å². The van der Waals surface area contributed by atoms with Crippen LogP contribution in [0.5, 0.6) is 11.5 Å². The van der Waals surface area contributed by atoms with E-state index in [2.05, 4.69) is 105 Å². The Labute approximate surface area is 213 Å². The van der Waals surface area contributed by atoms with Crippen molar-refractivity contribution in [2.75, 3.05) is 0 Å². The molecule has 0 aliphatic carbocycles. The van der Waals surface area contributed by atoms with Crippen LogP contribution in [0.1, 0.15) is 5.56 Å². The van der Waals surface area contributed by atoms with Gasteiger partial charge in [0.05, 0.1) is 22.7 Å². The number of hydrogen-bond acceptors (Lipinski definition) is 2. The fourth-order valence-electron chi connectivity index (χ4n) is 5.82. The summed E-state index contributed by atoms with van der Waals surface area (Å²) in [6.45, 7) is 2.02. The third-order valence-corrected chi connectivity index (χ3v) is 7.45. The number of hydrogen-bond donors (Lipinski definition) is 0. The van der Waals surface area contributed by atoms with E-state index in [1.807, 2.05) is 30.3 Å². The molecular formula is C31H22BN4O+. The summed E-state index contributed by atoms with van der Waals surface area (Å²) in [5.41, 5.74) is 7.88. The third kappa shape index (κ3) is 2.81. The Bertz CT molecular complexity index is 2000. The summed E-state index contributed by atoms with van der Waals surface area (Å²) in [6, 6.07) is 37.8. The van der Waals surface area contributed by atoms with E-state index in [0.29, 0.717) is 0 Å².